The largest absolute Gasteiger partial charge is 0.488 e. The molecule has 2 aliphatic heterocycles. The third-order valence-electron chi connectivity index (χ3n) is 5.30. The number of nitrogens with zero attached hydrogens (tertiary/aromatic N) is 2. The molecule has 7 heteroatoms. The van der Waals surface area contributed by atoms with Gasteiger partial charge in [-0.1, -0.05) is 6.07 Å². The van der Waals surface area contributed by atoms with Crippen molar-refractivity contribution in [2.75, 3.05) is 26.8 Å². The summed E-state index contributed by atoms with van der Waals surface area (Å²) >= 11 is 0. The third kappa shape index (κ3) is 3.80. The van der Waals surface area contributed by atoms with E-state index >= 15 is 0 Å². The average Bonchev–Trinajstić information content (AvgIpc) is 3.08. The summed E-state index contributed by atoms with van der Waals surface area (Å²) < 4.78 is 30.6. The van der Waals surface area contributed by atoms with Crippen molar-refractivity contribution in [3.05, 3.63) is 54.0 Å². The van der Waals surface area contributed by atoms with E-state index in [0.717, 1.165) is 12.8 Å². The molecule has 6 nitrogen and oxygen atoms in total. The number of amides is 1. The fourth-order valence-electron chi connectivity index (χ4n) is 4.05. The number of rotatable bonds is 4. The van der Waals surface area contributed by atoms with E-state index < -0.39 is 5.60 Å². The number of pyridine rings is 1. The maximum Gasteiger partial charge on any atom is 0.259 e. The maximum atomic E-state index is 13.4. The van der Waals surface area contributed by atoms with Gasteiger partial charge < -0.3 is 19.1 Å². The fourth-order valence-corrected chi connectivity index (χ4v) is 4.05. The molecule has 0 radical (unpaired) electrons. The zero-order chi connectivity index (χ0) is 19.6. The van der Waals surface area contributed by atoms with Crippen LogP contribution in [-0.4, -0.2) is 54.3 Å². The van der Waals surface area contributed by atoms with Crippen LogP contribution in [0.25, 0.3) is 0 Å². The Balaban J connectivity index is 1.44. The van der Waals surface area contributed by atoms with Crippen LogP contribution < -0.4 is 9.47 Å². The summed E-state index contributed by atoms with van der Waals surface area (Å²) in [4.78, 5) is 18.9. The molecule has 0 N–H and O–H groups in total. The molecule has 1 aromatic heterocycles. The van der Waals surface area contributed by atoms with Crippen molar-refractivity contribution in [3.63, 3.8) is 0 Å². The number of aromatic nitrogens is 1. The Morgan fingerprint density at radius 3 is 3.07 bits per heavy atom. The predicted octanol–water partition coefficient (Wildman–Crippen LogP) is 3.07. The van der Waals surface area contributed by atoms with Crippen LogP contribution in [0.4, 0.5) is 4.39 Å². The van der Waals surface area contributed by atoms with Crippen LogP contribution in [-0.2, 0) is 4.74 Å². The van der Waals surface area contributed by atoms with Gasteiger partial charge >= 0.3 is 0 Å². The highest BCUT2D eigenvalue weighted by molar-refractivity contribution is 5.96. The molecule has 28 heavy (non-hydrogen) atoms. The van der Waals surface area contributed by atoms with E-state index in [1.807, 2.05) is 0 Å². The first-order valence-corrected chi connectivity index (χ1v) is 9.43. The van der Waals surface area contributed by atoms with Gasteiger partial charge in [-0.3, -0.25) is 4.79 Å². The fraction of sp³-hybridized carbons (Fsp3) is 0.429. The Morgan fingerprint density at radius 1 is 1.36 bits per heavy atom. The molecule has 1 amide bonds. The number of ether oxygens (including phenoxy) is 3. The minimum atomic E-state index is -0.429. The molecule has 2 saturated heterocycles. The summed E-state index contributed by atoms with van der Waals surface area (Å²) in [6, 6.07) is 9.57. The SMILES string of the molecule is COc1ncccc1C(=O)N1CCC[C@@]2(C[C@@H](Oc3cccc(F)c3)CO2)C1. The molecule has 0 saturated carbocycles. The van der Waals surface area contributed by atoms with E-state index in [1.165, 1.54) is 19.2 Å². The molecule has 1 spiro atoms. The topological polar surface area (TPSA) is 60.9 Å². The molecule has 0 bridgehead atoms. The first kappa shape index (κ1) is 18.7. The van der Waals surface area contributed by atoms with Crippen LogP contribution in [0.1, 0.15) is 29.6 Å². The maximum absolute atomic E-state index is 13.4. The van der Waals surface area contributed by atoms with Crippen LogP contribution in [0, 0.1) is 5.82 Å². The first-order chi connectivity index (χ1) is 13.6. The number of methoxy groups -OCH3 is 1. The van der Waals surface area contributed by atoms with Crippen LogP contribution in [0.5, 0.6) is 11.6 Å². The zero-order valence-electron chi connectivity index (χ0n) is 15.8. The van der Waals surface area contributed by atoms with E-state index in [9.17, 15) is 9.18 Å². The Hall–Kier alpha value is -2.67. The van der Waals surface area contributed by atoms with Crippen molar-refractivity contribution in [1.29, 1.82) is 0 Å². The zero-order valence-corrected chi connectivity index (χ0v) is 15.8. The average molecular weight is 386 g/mol. The monoisotopic (exact) mass is 386 g/mol. The highest BCUT2D eigenvalue weighted by Gasteiger charge is 2.45. The highest BCUT2D eigenvalue weighted by Crippen LogP contribution is 2.37. The number of carbonyl (C=O) groups is 1. The molecular formula is C21H23FN2O4. The van der Waals surface area contributed by atoms with Gasteiger partial charge in [0.25, 0.3) is 5.91 Å². The van der Waals surface area contributed by atoms with Crippen LogP contribution in [0.15, 0.2) is 42.6 Å². The highest BCUT2D eigenvalue weighted by atomic mass is 19.1. The summed E-state index contributed by atoms with van der Waals surface area (Å²) in [5.41, 5.74) is 0.0223. The van der Waals surface area contributed by atoms with Gasteiger partial charge in [0.2, 0.25) is 5.88 Å². The van der Waals surface area contributed by atoms with Crippen molar-refractivity contribution in [2.45, 2.75) is 31.0 Å². The third-order valence-corrected chi connectivity index (χ3v) is 5.30. The molecule has 148 valence electrons. The smallest absolute Gasteiger partial charge is 0.259 e. The second kappa shape index (κ2) is 7.75. The molecule has 2 aromatic rings. The Bertz CT molecular complexity index is 862. The standard InChI is InChI=1S/C21H23FN2O4/c1-26-19-18(7-3-9-23-19)20(25)24-10-4-8-21(14-24)12-17(13-27-21)28-16-6-2-5-15(22)11-16/h2-3,5-7,9,11,17H,4,8,10,12-14H2,1H3/t17-,21-/m1/s1. The normalized spacial score (nSPS) is 24.4. The summed E-state index contributed by atoms with van der Waals surface area (Å²) in [5, 5.41) is 0. The molecule has 2 fully saturated rings. The lowest BCUT2D eigenvalue weighted by Crippen LogP contribution is -2.50. The second-order valence-electron chi connectivity index (χ2n) is 7.29. The number of likely N-dealkylation sites (tertiary alicyclic amines) is 1. The summed E-state index contributed by atoms with van der Waals surface area (Å²) in [7, 11) is 1.51. The summed E-state index contributed by atoms with van der Waals surface area (Å²) in [6.45, 7) is 1.58. The first-order valence-electron chi connectivity index (χ1n) is 9.43. The molecule has 2 atom stereocenters. The van der Waals surface area contributed by atoms with Gasteiger partial charge in [0, 0.05) is 25.2 Å². The summed E-state index contributed by atoms with van der Waals surface area (Å²) in [5.74, 6) is 0.384. The van der Waals surface area contributed by atoms with Crippen molar-refractivity contribution >= 4 is 5.91 Å². The van der Waals surface area contributed by atoms with Crippen LogP contribution in [0.2, 0.25) is 0 Å². The Labute approximate surface area is 163 Å². The Morgan fingerprint density at radius 2 is 2.25 bits per heavy atom. The van der Waals surface area contributed by atoms with E-state index in [0.29, 0.717) is 43.3 Å². The number of benzene rings is 1. The molecule has 1 aromatic carbocycles. The molecule has 3 heterocycles. The van der Waals surface area contributed by atoms with Gasteiger partial charge in [-0.25, -0.2) is 9.37 Å². The van der Waals surface area contributed by atoms with Gasteiger partial charge in [-0.2, -0.15) is 0 Å². The number of hydrogen-bond donors (Lipinski definition) is 0. The van der Waals surface area contributed by atoms with Gasteiger partial charge in [0.05, 0.1) is 25.9 Å². The quantitative estimate of drug-likeness (QED) is 0.808. The van der Waals surface area contributed by atoms with Gasteiger partial charge in [-0.05, 0) is 37.1 Å². The molecule has 4 rings (SSSR count). The number of hydrogen-bond acceptors (Lipinski definition) is 5. The minimum Gasteiger partial charge on any atom is -0.488 e. The van der Waals surface area contributed by atoms with Gasteiger partial charge in [0.1, 0.15) is 23.2 Å². The number of carbonyl (C=O) groups excluding carboxylic acids is 1. The molecule has 2 aliphatic rings. The van der Waals surface area contributed by atoms with E-state index in [-0.39, 0.29) is 17.8 Å². The van der Waals surface area contributed by atoms with E-state index in [1.54, 1.807) is 35.4 Å². The van der Waals surface area contributed by atoms with Crippen molar-refractivity contribution in [3.8, 4) is 11.6 Å². The van der Waals surface area contributed by atoms with E-state index in [2.05, 4.69) is 4.98 Å². The molecule has 0 unspecified atom stereocenters. The molecule has 0 aliphatic carbocycles. The lowest BCUT2D eigenvalue weighted by atomic mass is 9.89. The van der Waals surface area contributed by atoms with E-state index in [4.69, 9.17) is 14.2 Å². The van der Waals surface area contributed by atoms with Crippen LogP contribution in [0.3, 0.4) is 0 Å². The summed E-state index contributed by atoms with van der Waals surface area (Å²) in [6.07, 6.45) is 3.81. The molecular weight excluding hydrogens is 363 g/mol. The second-order valence-corrected chi connectivity index (χ2v) is 7.29. The Kier molecular flexibility index (Phi) is 5.17. The van der Waals surface area contributed by atoms with Gasteiger partial charge in [-0.15, -0.1) is 0 Å². The lowest BCUT2D eigenvalue weighted by Gasteiger charge is -2.39. The van der Waals surface area contributed by atoms with Crippen LogP contribution >= 0.6 is 0 Å². The minimum absolute atomic E-state index is 0.109. The van der Waals surface area contributed by atoms with Crippen molar-refractivity contribution in [1.82, 2.24) is 9.88 Å². The lowest BCUT2D eigenvalue weighted by molar-refractivity contribution is -0.0454. The number of halogens is 1. The van der Waals surface area contributed by atoms with Gasteiger partial charge in [0.15, 0.2) is 0 Å². The van der Waals surface area contributed by atoms with Crippen molar-refractivity contribution in [2.24, 2.45) is 0 Å². The predicted molar refractivity (Wildman–Crippen MR) is 100 cm³/mol. The number of piperidine rings is 1. The van der Waals surface area contributed by atoms with Crippen molar-refractivity contribution < 1.29 is 23.4 Å².